The standard InChI is InChI=1S/C12H14N2O2S/c1-7-4-5-8(2)11(9(7)3)15-6-10-13-14-12(17)16-10/h4-5H,6H2,1-3H3,(H,14,17). The van der Waals surface area contributed by atoms with Crippen LogP contribution in [0.4, 0.5) is 0 Å². The van der Waals surface area contributed by atoms with Crippen molar-refractivity contribution in [3.05, 3.63) is 39.6 Å². The summed E-state index contributed by atoms with van der Waals surface area (Å²) in [5, 5.41) is 6.46. The van der Waals surface area contributed by atoms with Crippen LogP contribution in [0, 0.1) is 25.6 Å². The van der Waals surface area contributed by atoms with Crippen molar-refractivity contribution in [1.29, 1.82) is 0 Å². The SMILES string of the molecule is Cc1ccc(C)c(OCc2n[nH]c(=S)o2)c1C. The Morgan fingerprint density at radius 3 is 2.65 bits per heavy atom. The molecule has 0 radical (unpaired) electrons. The van der Waals surface area contributed by atoms with E-state index in [0.29, 0.717) is 5.89 Å². The Morgan fingerprint density at radius 1 is 1.29 bits per heavy atom. The van der Waals surface area contributed by atoms with E-state index in [-0.39, 0.29) is 11.4 Å². The molecule has 0 fully saturated rings. The smallest absolute Gasteiger partial charge is 0.284 e. The minimum absolute atomic E-state index is 0.265. The second kappa shape index (κ2) is 4.71. The zero-order valence-electron chi connectivity index (χ0n) is 10.0. The molecule has 2 rings (SSSR count). The van der Waals surface area contributed by atoms with Crippen LogP contribution in [0.2, 0.25) is 0 Å². The minimum Gasteiger partial charge on any atom is -0.483 e. The lowest BCUT2D eigenvalue weighted by atomic mass is 10.1. The van der Waals surface area contributed by atoms with Crippen molar-refractivity contribution in [2.75, 3.05) is 0 Å². The van der Waals surface area contributed by atoms with E-state index in [1.165, 1.54) is 5.56 Å². The highest BCUT2D eigenvalue weighted by Gasteiger charge is 2.08. The Hall–Kier alpha value is -1.62. The Bertz CT molecular complexity index is 586. The van der Waals surface area contributed by atoms with Crippen LogP contribution < -0.4 is 4.74 Å². The first-order valence-electron chi connectivity index (χ1n) is 5.32. The lowest BCUT2D eigenvalue weighted by Gasteiger charge is -2.12. The highest BCUT2D eigenvalue weighted by atomic mass is 32.1. The van der Waals surface area contributed by atoms with E-state index in [9.17, 15) is 0 Å². The van der Waals surface area contributed by atoms with E-state index in [0.717, 1.165) is 16.9 Å². The molecule has 0 aliphatic rings. The first-order valence-corrected chi connectivity index (χ1v) is 5.72. The average Bonchev–Trinajstić information content (AvgIpc) is 2.70. The van der Waals surface area contributed by atoms with E-state index in [2.05, 4.69) is 23.2 Å². The Kier molecular flexibility index (Phi) is 3.28. The summed E-state index contributed by atoms with van der Waals surface area (Å²) in [4.78, 5) is 0.265. The van der Waals surface area contributed by atoms with Gasteiger partial charge >= 0.3 is 0 Å². The predicted molar refractivity (Wildman–Crippen MR) is 66.7 cm³/mol. The minimum atomic E-state index is 0.265. The third kappa shape index (κ3) is 2.55. The lowest BCUT2D eigenvalue weighted by molar-refractivity contribution is 0.258. The number of hydrogen-bond acceptors (Lipinski definition) is 4. The zero-order valence-corrected chi connectivity index (χ0v) is 10.9. The van der Waals surface area contributed by atoms with Crippen LogP contribution in [0.15, 0.2) is 16.5 Å². The van der Waals surface area contributed by atoms with E-state index in [4.69, 9.17) is 21.4 Å². The highest BCUT2D eigenvalue weighted by molar-refractivity contribution is 7.71. The molecule has 0 amide bonds. The average molecular weight is 250 g/mol. The molecule has 0 unspecified atom stereocenters. The topological polar surface area (TPSA) is 51.0 Å². The maximum absolute atomic E-state index is 5.73. The van der Waals surface area contributed by atoms with Crippen molar-refractivity contribution >= 4 is 12.2 Å². The fourth-order valence-corrected chi connectivity index (χ4v) is 1.75. The normalized spacial score (nSPS) is 10.5. The molecule has 4 nitrogen and oxygen atoms in total. The molecule has 1 heterocycles. The molecule has 0 aliphatic carbocycles. The molecule has 0 aliphatic heterocycles. The van der Waals surface area contributed by atoms with Gasteiger partial charge in [0.05, 0.1) is 0 Å². The van der Waals surface area contributed by atoms with Crippen molar-refractivity contribution in [3.8, 4) is 5.75 Å². The molecule has 1 aromatic heterocycles. The van der Waals surface area contributed by atoms with E-state index in [1.54, 1.807) is 0 Å². The van der Waals surface area contributed by atoms with Crippen LogP contribution in [0.25, 0.3) is 0 Å². The number of nitrogens with one attached hydrogen (secondary N) is 1. The first-order chi connectivity index (χ1) is 8.08. The molecule has 90 valence electrons. The largest absolute Gasteiger partial charge is 0.483 e. The third-order valence-electron chi connectivity index (χ3n) is 2.70. The number of H-pyrrole nitrogens is 1. The zero-order chi connectivity index (χ0) is 12.4. The van der Waals surface area contributed by atoms with Gasteiger partial charge in [-0.15, -0.1) is 5.10 Å². The summed E-state index contributed by atoms with van der Waals surface area (Å²) < 4.78 is 10.9. The molecule has 17 heavy (non-hydrogen) atoms. The molecule has 2 aromatic rings. The van der Waals surface area contributed by atoms with Crippen molar-refractivity contribution in [2.24, 2.45) is 0 Å². The van der Waals surface area contributed by atoms with Crippen LogP contribution >= 0.6 is 12.2 Å². The summed E-state index contributed by atoms with van der Waals surface area (Å²) in [5.41, 5.74) is 3.44. The van der Waals surface area contributed by atoms with Gasteiger partial charge in [0.2, 0.25) is 0 Å². The van der Waals surface area contributed by atoms with E-state index < -0.39 is 0 Å². The molecule has 5 heteroatoms. The maximum Gasteiger partial charge on any atom is 0.284 e. The number of rotatable bonds is 3. The van der Waals surface area contributed by atoms with Gasteiger partial charge in [-0.1, -0.05) is 12.1 Å². The predicted octanol–water partition coefficient (Wildman–Crippen LogP) is 3.24. The van der Waals surface area contributed by atoms with Gasteiger partial charge < -0.3 is 9.15 Å². The molecule has 0 saturated carbocycles. The molecular formula is C12H14N2O2S. The monoisotopic (exact) mass is 250 g/mol. The van der Waals surface area contributed by atoms with Gasteiger partial charge in [-0.25, -0.2) is 5.10 Å². The highest BCUT2D eigenvalue weighted by Crippen LogP contribution is 2.26. The third-order valence-corrected chi connectivity index (χ3v) is 2.87. The molecule has 0 spiro atoms. The van der Waals surface area contributed by atoms with Gasteiger partial charge in [0.25, 0.3) is 10.7 Å². The number of ether oxygens (including phenoxy) is 1. The molecule has 0 atom stereocenters. The number of benzene rings is 1. The summed E-state index contributed by atoms with van der Waals surface area (Å²) in [6.45, 7) is 6.39. The van der Waals surface area contributed by atoms with Crippen LogP contribution in [0.1, 0.15) is 22.6 Å². The first kappa shape index (κ1) is 11.9. The molecule has 0 bridgehead atoms. The molecular weight excluding hydrogens is 236 g/mol. The molecule has 1 N–H and O–H groups in total. The number of aryl methyl sites for hydroxylation is 2. The van der Waals surface area contributed by atoms with Gasteiger partial charge in [-0.2, -0.15) is 0 Å². The van der Waals surface area contributed by atoms with E-state index >= 15 is 0 Å². The van der Waals surface area contributed by atoms with Crippen LogP contribution in [0.5, 0.6) is 5.75 Å². The quantitative estimate of drug-likeness (QED) is 0.850. The van der Waals surface area contributed by atoms with Crippen molar-refractivity contribution in [3.63, 3.8) is 0 Å². The molecule has 1 aromatic carbocycles. The van der Waals surface area contributed by atoms with Crippen molar-refractivity contribution in [2.45, 2.75) is 27.4 Å². The van der Waals surface area contributed by atoms with Gasteiger partial charge in [0, 0.05) is 0 Å². The number of aromatic nitrogens is 2. The maximum atomic E-state index is 5.73. The summed E-state index contributed by atoms with van der Waals surface area (Å²) in [7, 11) is 0. The van der Waals surface area contributed by atoms with Crippen molar-refractivity contribution < 1.29 is 9.15 Å². The Morgan fingerprint density at radius 2 is 2.00 bits per heavy atom. The van der Waals surface area contributed by atoms with Crippen molar-refractivity contribution in [1.82, 2.24) is 10.2 Å². The van der Waals surface area contributed by atoms with Gasteiger partial charge in [-0.3, -0.25) is 0 Å². The van der Waals surface area contributed by atoms with Gasteiger partial charge in [0.1, 0.15) is 5.75 Å². The second-order valence-electron chi connectivity index (χ2n) is 3.95. The fourth-order valence-electron chi connectivity index (χ4n) is 1.60. The number of nitrogens with zero attached hydrogens (tertiary/aromatic N) is 1. The molecule has 0 saturated heterocycles. The fraction of sp³-hybridized carbons (Fsp3) is 0.333. The van der Waals surface area contributed by atoms with Gasteiger partial charge in [-0.05, 0) is 49.7 Å². The summed E-state index contributed by atoms with van der Waals surface area (Å²) in [6, 6.07) is 4.12. The Labute approximate surface area is 105 Å². The summed E-state index contributed by atoms with van der Waals surface area (Å²) >= 11 is 4.80. The summed E-state index contributed by atoms with van der Waals surface area (Å²) in [6.07, 6.45) is 0. The number of aromatic amines is 1. The van der Waals surface area contributed by atoms with Crippen LogP contribution in [-0.4, -0.2) is 10.2 Å². The van der Waals surface area contributed by atoms with E-state index in [1.807, 2.05) is 19.9 Å². The van der Waals surface area contributed by atoms with Crippen LogP contribution in [-0.2, 0) is 6.61 Å². The lowest BCUT2D eigenvalue weighted by Crippen LogP contribution is -2.00. The number of hydrogen-bond donors (Lipinski definition) is 1. The summed E-state index contributed by atoms with van der Waals surface area (Å²) in [5.74, 6) is 1.34. The second-order valence-corrected chi connectivity index (χ2v) is 4.32. The van der Waals surface area contributed by atoms with Crippen LogP contribution in [0.3, 0.4) is 0 Å². The Balaban J connectivity index is 2.19. The van der Waals surface area contributed by atoms with Gasteiger partial charge in [0.15, 0.2) is 6.61 Å².